The summed E-state index contributed by atoms with van der Waals surface area (Å²) in [4.78, 5) is 22.9. The summed E-state index contributed by atoms with van der Waals surface area (Å²) in [6.45, 7) is 5.57. The summed E-state index contributed by atoms with van der Waals surface area (Å²) in [5, 5.41) is 3.24. The molecule has 0 amide bonds. The van der Waals surface area contributed by atoms with E-state index in [1.54, 1.807) is 32.7 Å². The predicted octanol–water partition coefficient (Wildman–Crippen LogP) is 5.00. The average Bonchev–Trinajstić information content (AvgIpc) is 3.42. The highest BCUT2D eigenvalue weighted by atomic mass is 19.1. The monoisotopic (exact) mass is 547 g/mol. The van der Waals surface area contributed by atoms with Crippen molar-refractivity contribution in [2.75, 3.05) is 63.8 Å². The van der Waals surface area contributed by atoms with E-state index >= 15 is 0 Å². The number of anilines is 3. The van der Waals surface area contributed by atoms with Gasteiger partial charge in [-0.15, -0.1) is 0 Å². The molecule has 0 spiro atoms. The molecule has 40 heavy (non-hydrogen) atoms. The highest BCUT2D eigenvalue weighted by Crippen LogP contribution is 2.36. The minimum absolute atomic E-state index is 0.310. The van der Waals surface area contributed by atoms with Gasteiger partial charge >= 0.3 is 0 Å². The van der Waals surface area contributed by atoms with Gasteiger partial charge in [-0.25, -0.2) is 24.3 Å². The molecule has 5 rings (SSSR count). The van der Waals surface area contributed by atoms with Gasteiger partial charge in [0.05, 0.1) is 26.1 Å². The molecule has 210 valence electrons. The Morgan fingerprint density at radius 3 is 2.40 bits per heavy atom. The number of pyridine rings is 1. The van der Waals surface area contributed by atoms with Crippen LogP contribution in [0.25, 0.3) is 22.7 Å². The van der Waals surface area contributed by atoms with Gasteiger partial charge in [0, 0.05) is 57.0 Å². The van der Waals surface area contributed by atoms with Crippen LogP contribution in [0.3, 0.4) is 0 Å². The first kappa shape index (κ1) is 27.3. The standard InChI is InChI=1S/C29H34FN7O3/c1-4-5-26-35-27(20-16-22(38-2)18-23(17-20)39-3)28(40-26)24-8-10-31-29(34-24)33-21-6-7-25(32-19-21)37-14-12-36(11-9-30)13-15-37/h6-8,10,16-19H,4-5,9,11-15H2,1-3H3,(H,31,33,34). The van der Waals surface area contributed by atoms with Gasteiger partial charge in [-0.2, -0.15) is 0 Å². The number of ether oxygens (including phenoxy) is 2. The van der Waals surface area contributed by atoms with E-state index in [1.807, 2.05) is 30.3 Å². The van der Waals surface area contributed by atoms with Gasteiger partial charge in [0.25, 0.3) is 0 Å². The van der Waals surface area contributed by atoms with E-state index in [1.165, 1.54) is 0 Å². The van der Waals surface area contributed by atoms with Gasteiger partial charge in [-0.05, 0) is 36.8 Å². The first-order valence-electron chi connectivity index (χ1n) is 13.4. The molecule has 0 unspecified atom stereocenters. The highest BCUT2D eigenvalue weighted by molar-refractivity contribution is 5.77. The summed E-state index contributed by atoms with van der Waals surface area (Å²) in [5.41, 5.74) is 2.82. The molecular weight excluding hydrogens is 513 g/mol. The second-order valence-corrected chi connectivity index (χ2v) is 9.45. The van der Waals surface area contributed by atoms with Crippen molar-refractivity contribution >= 4 is 17.5 Å². The third-order valence-corrected chi connectivity index (χ3v) is 6.75. The molecule has 1 aliphatic rings. The molecule has 0 radical (unpaired) electrons. The molecule has 4 aromatic rings. The quantitative estimate of drug-likeness (QED) is 0.276. The molecule has 10 nitrogen and oxygen atoms in total. The van der Waals surface area contributed by atoms with E-state index in [9.17, 15) is 4.39 Å². The average molecular weight is 548 g/mol. The van der Waals surface area contributed by atoms with Crippen LogP contribution in [0.15, 0.2) is 53.2 Å². The van der Waals surface area contributed by atoms with Crippen LogP contribution >= 0.6 is 0 Å². The summed E-state index contributed by atoms with van der Waals surface area (Å²) in [5.74, 6) is 3.79. The second kappa shape index (κ2) is 12.7. The number of piperazine rings is 1. The van der Waals surface area contributed by atoms with Crippen LogP contribution < -0.4 is 19.7 Å². The van der Waals surface area contributed by atoms with Gasteiger partial charge in [-0.1, -0.05) is 6.92 Å². The molecule has 1 aliphatic heterocycles. The topological polar surface area (TPSA) is 102 Å². The predicted molar refractivity (Wildman–Crippen MR) is 152 cm³/mol. The van der Waals surface area contributed by atoms with Crippen molar-refractivity contribution in [2.45, 2.75) is 19.8 Å². The lowest BCUT2D eigenvalue weighted by molar-refractivity contribution is 0.235. The minimum atomic E-state index is -0.310. The summed E-state index contributed by atoms with van der Waals surface area (Å²) in [6.07, 6.45) is 5.04. The molecule has 1 aromatic carbocycles. The van der Waals surface area contributed by atoms with E-state index in [4.69, 9.17) is 23.9 Å². The lowest BCUT2D eigenvalue weighted by Crippen LogP contribution is -2.47. The molecule has 0 atom stereocenters. The van der Waals surface area contributed by atoms with Crippen LogP contribution in [0.1, 0.15) is 19.2 Å². The second-order valence-electron chi connectivity index (χ2n) is 9.45. The van der Waals surface area contributed by atoms with Crippen molar-refractivity contribution in [3.63, 3.8) is 0 Å². The molecule has 11 heteroatoms. The molecule has 1 saturated heterocycles. The molecule has 0 bridgehead atoms. The largest absolute Gasteiger partial charge is 0.497 e. The van der Waals surface area contributed by atoms with E-state index in [2.05, 4.69) is 32.0 Å². The van der Waals surface area contributed by atoms with Crippen LogP contribution in [-0.2, 0) is 6.42 Å². The van der Waals surface area contributed by atoms with E-state index in [-0.39, 0.29) is 6.67 Å². The van der Waals surface area contributed by atoms with Crippen molar-refractivity contribution in [2.24, 2.45) is 0 Å². The van der Waals surface area contributed by atoms with Gasteiger partial charge < -0.3 is 24.1 Å². The van der Waals surface area contributed by atoms with Crippen LogP contribution in [0.5, 0.6) is 11.5 Å². The number of hydrogen-bond acceptors (Lipinski definition) is 10. The van der Waals surface area contributed by atoms with Crippen molar-refractivity contribution in [1.29, 1.82) is 0 Å². The fraction of sp³-hybridized carbons (Fsp3) is 0.379. The zero-order chi connectivity index (χ0) is 27.9. The number of aryl methyl sites for hydroxylation is 1. The maximum absolute atomic E-state index is 12.6. The minimum Gasteiger partial charge on any atom is -0.497 e. The van der Waals surface area contributed by atoms with E-state index in [0.29, 0.717) is 53.5 Å². The Kier molecular flexibility index (Phi) is 8.70. The summed E-state index contributed by atoms with van der Waals surface area (Å²) in [6, 6.07) is 11.3. The molecular formula is C29H34FN7O3. The Morgan fingerprint density at radius 2 is 1.75 bits per heavy atom. The fourth-order valence-corrected chi connectivity index (χ4v) is 4.64. The Labute approximate surface area is 233 Å². The van der Waals surface area contributed by atoms with E-state index in [0.717, 1.165) is 49.7 Å². The Morgan fingerprint density at radius 1 is 0.975 bits per heavy atom. The number of methoxy groups -OCH3 is 2. The van der Waals surface area contributed by atoms with Crippen molar-refractivity contribution < 1.29 is 18.3 Å². The number of rotatable bonds is 11. The Balaban J connectivity index is 1.37. The Hall–Kier alpha value is -4.25. The van der Waals surface area contributed by atoms with Gasteiger partial charge in [0.1, 0.15) is 35.4 Å². The van der Waals surface area contributed by atoms with Crippen LogP contribution in [-0.4, -0.2) is 78.5 Å². The van der Waals surface area contributed by atoms with Gasteiger partial charge in [0.15, 0.2) is 11.7 Å². The van der Waals surface area contributed by atoms with Crippen LogP contribution in [0, 0.1) is 0 Å². The number of benzene rings is 1. The van der Waals surface area contributed by atoms with Crippen molar-refractivity contribution in [3.05, 3.63) is 54.7 Å². The van der Waals surface area contributed by atoms with E-state index < -0.39 is 0 Å². The number of hydrogen-bond donors (Lipinski definition) is 1. The molecule has 4 heterocycles. The first-order valence-corrected chi connectivity index (χ1v) is 13.4. The van der Waals surface area contributed by atoms with Gasteiger partial charge in [0.2, 0.25) is 5.95 Å². The zero-order valence-corrected chi connectivity index (χ0v) is 23.1. The summed E-state index contributed by atoms with van der Waals surface area (Å²) < 4.78 is 29.8. The summed E-state index contributed by atoms with van der Waals surface area (Å²) in [7, 11) is 3.23. The number of halogens is 1. The number of nitrogens with zero attached hydrogens (tertiary/aromatic N) is 6. The maximum atomic E-state index is 12.6. The van der Waals surface area contributed by atoms with Crippen LogP contribution in [0.4, 0.5) is 21.8 Å². The summed E-state index contributed by atoms with van der Waals surface area (Å²) >= 11 is 0. The first-order chi connectivity index (χ1) is 19.6. The Bertz CT molecular complexity index is 1380. The molecule has 1 fully saturated rings. The SMILES string of the molecule is CCCc1nc(-c2cc(OC)cc(OC)c2)c(-c2ccnc(Nc3ccc(N4CCN(CCF)CC4)nc3)n2)o1. The molecule has 0 saturated carbocycles. The number of aromatic nitrogens is 4. The number of nitrogens with one attached hydrogen (secondary N) is 1. The van der Waals surface area contributed by atoms with Crippen molar-refractivity contribution in [3.8, 4) is 34.2 Å². The highest BCUT2D eigenvalue weighted by Gasteiger charge is 2.21. The third-order valence-electron chi connectivity index (χ3n) is 6.75. The normalized spacial score (nSPS) is 13.8. The van der Waals surface area contributed by atoms with Crippen LogP contribution in [0.2, 0.25) is 0 Å². The van der Waals surface area contributed by atoms with Crippen molar-refractivity contribution in [1.82, 2.24) is 24.8 Å². The smallest absolute Gasteiger partial charge is 0.227 e. The zero-order valence-electron chi connectivity index (χ0n) is 23.1. The molecule has 0 aliphatic carbocycles. The number of alkyl halides is 1. The maximum Gasteiger partial charge on any atom is 0.227 e. The van der Waals surface area contributed by atoms with Gasteiger partial charge in [-0.3, -0.25) is 4.90 Å². The fourth-order valence-electron chi connectivity index (χ4n) is 4.64. The lowest BCUT2D eigenvalue weighted by Gasteiger charge is -2.34. The molecule has 1 N–H and O–H groups in total. The number of oxazole rings is 1. The molecule has 3 aromatic heterocycles. The lowest BCUT2D eigenvalue weighted by atomic mass is 10.1. The third kappa shape index (κ3) is 6.31.